The standard InChI is InChI=1S/C7H15N5O2S/c1-3-9-15(13,14)11-7-6(4-8)5-12(2)10-7/h5,9H,3-4,8H2,1-2H3,(H,10,11). The smallest absolute Gasteiger partial charge is 0.300 e. The van der Waals surface area contributed by atoms with E-state index in [-0.39, 0.29) is 12.4 Å². The average molecular weight is 233 g/mol. The maximum Gasteiger partial charge on any atom is 0.300 e. The molecule has 1 aromatic heterocycles. The van der Waals surface area contributed by atoms with Crippen LogP contribution in [0.15, 0.2) is 6.20 Å². The van der Waals surface area contributed by atoms with Crippen LogP contribution in [0.2, 0.25) is 0 Å². The van der Waals surface area contributed by atoms with E-state index >= 15 is 0 Å². The second-order valence-electron chi connectivity index (χ2n) is 2.98. The van der Waals surface area contributed by atoms with E-state index in [2.05, 4.69) is 14.5 Å². The summed E-state index contributed by atoms with van der Waals surface area (Å²) in [5.74, 6) is 0.265. The molecule has 0 bridgehead atoms. The maximum absolute atomic E-state index is 11.4. The van der Waals surface area contributed by atoms with Gasteiger partial charge in [0, 0.05) is 31.9 Å². The SMILES string of the molecule is CCNS(=O)(=O)Nc1nn(C)cc1CN. The molecule has 0 aliphatic heterocycles. The number of nitrogens with two attached hydrogens (primary N) is 1. The molecule has 8 heteroatoms. The molecule has 0 aliphatic carbocycles. The summed E-state index contributed by atoms with van der Waals surface area (Å²) >= 11 is 0. The van der Waals surface area contributed by atoms with Gasteiger partial charge in [0.05, 0.1) is 0 Å². The molecule has 15 heavy (non-hydrogen) atoms. The Kier molecular flexibility index (Phi) is 3.66. The quantitative estimate of drug-likeness (QED) is 0.616. The van der Waals surface area contributed by atoms with Crippen LogP contribution in [0, 0.1) is 0 Å². The molecule has 1 heterocycles. The first-order valence-electron chi connectivity index (χ1n) is 4.48. The summed E-state index contributed by atoms with van der Waals surface area (Å²) in [5, 5.41) is 3.96. The van der Waals surface area contributed by atoms with E-state index < -0.39 is 10.2 Å². The number of hydrogen-bond acceptors (Lipinski definition) is 4. The van der Waals surface area contributed by atoms with Crippen LogP contribution in [0.4, 0.5) is 5.82 Å². The molecule has 0 atom stereocenters. The highest BCUT2D eigenvalue weighted by atomic mass is 32.2. The molecule has 0 radical (unpaired) electrons. The molecular formula is C7H15N5O2S. The summed E-state index contributed by atoms with van der Waals surface area (Å²) in [6, 6.07) is 0. The van der Waals surface area contributed by atoms with E-state index in [1.54, 1.807) is 20.2 Å². The first-order valence-corrected chi connectivity index (χ1v) is 5.96. The van der Waals surface area contributed by atoms with E-state index in [0.717, 1.165) is 0 Å². The van der Waals surface area contributed by atoms with Crippen LogP contribution in [0.25, 0.3) is 0 Å². The lowest BCUT2D eigenvalue weighted by molar-refractivity contribution is 0.589. The summed E-state index contributed by atoms with van der Waals surface area (Å²) in [4.78, 5) is 0. The molecule has 0 saturated carbocycles. The first-order chi connectivity index (χ1) is 6.98. The predicted octanol–water partition coefficient (Wildman–Crippen LogP) is -0.855. The van der Waals surface area contributed by atoms with Gasteiger partial charge >= 0.3 is 0 Å². The minimum atomic E-state index is -3.54. The molecule has 0 aliphatic rings. The van der Waals surface area contributed by atoms with Crippen molar-refractivity contribution in [3.63, 3.8) is 0 Å². The van der Waals surface area contributed by atoms with E-state index in [0.29, 0.717) is 12.1 Å². The number of aromatic nitrogens is 2. The fourth-order valence-corrected chi connectivity index (χ4v) is 2.00. The average Bonchev–Trinajstić information content (AvgIpc) is 2.44. The molecule has 86 valence electrons. The van der Waals surface area contributed by atoms with Gasteiger partial charge in [-0.2, -0.15) is 18.2 Å². The number of nitrogens with one attached hydrogen (secondary N) is 2. The van der Waals surface area contributed by atoms with Gasteiger partial charge in [-0.25, -0.2) is 0 Å². The molecule has 0 unspecified atom stereocenters. The largest absolute Gasteiger partial charge is 0.326 e. The topological polar surface area (TPSA) is 102 Å². The van der Waals surface area contributed by atoms with E-state index in [4.69, 9.17) is 5.73 Å². The van der Waals surface area contributed by atoms with Gasteiger partial charge in [-0.3, -0.25) is 9.40 Å². The van der Waals surface area contributed by atoms with E-state index in [1.165, 1.54) is 4.68 Å². The fraction of sp³-hybridized carbons (Fsp3) is 0.571. The normalized spacial score (nSPS) is 11.7. The van der Waals surface area contributed by atoms with Gasteiger partial charge in [-0.05, 0) is 0 Å². The number of aryl methyl sites for hydroxylation is 1. The van der Waals surface area contributed by atoms with Gasteiger partial charge in [0.2, 0.25) is 0 Å². The zero-order chi connectivity index (χ0) is 11.5. The molecule has 0 amide bonds. The van der Waals surface area contributed by atoms with Gasteiger partial charge in [-0.15, -0.1) is 0 Å². The molecule has 0 spiro atoms. The third-order valence-electron chi connectivity index (χ3n) is 1.69. The molecule has 1 rings (SSSR count). The lowest BCUT2D eigenvalue weighted by Crippen LogP contribution is -2.30. The molecule has 4 N–H and O–H groups in total. The van der Waals surface area contributed by atoms with Crippen molar-refractivity contribution < 1.29 is 8.42 Å². The first kappa shape index (κ1) is 12.0. The van der Waals surface area contributed by atoms with Crippen LogP contribution in [0.5, 0.6) is 0 Å². The fourth-order valence-electron chi connectivity index (χ4n) is 1.13. The highest BCUT2D eigenvalue weighted by Crippen LogP contribution is 2.12. The van der Waals surface area contributed by atoms with Crippen LogP contribution in [-0.4, -0.2) is 24.7 Å². The van der Waals surface area contributed by atoms with Gasteiger partial charge in [-0.1, -0.05) is 6.92 Å². The van der Waals surface area contributed by atoms with Crippen molar-refractivity contribution in [2.45, 2.75) is 13.5 Å². The van der Waals surface area contributed by atoms with Crippen molar-refractivity contribution in [2.24, 2.45) is 12.8 Å². The second kappa shape index (κ2) is 4.60. The van der Waals surface area contributed by atoms with Crippen LogP contribution in [0.1, 0.15) is 12.5 Å². The monoisotopic (exact) mass is 233 g/mol. The number of rotatable bonds is 5. The van der Waals surface area contributed by atoms with Gasteiger partial charge in [0.15, 0.2) is 5.82 Å². The van der Waals surface area contributed by atoms with Gasteiger partial charge < -0.3 is 5.73 Å². The number of nitrogens with zero attached hydrogens (tertiary/aromatic N) is 2. The van der Waals surface area contributed by atoms with Crippen molar-refractivity contribution in [3.05, 3.63) is 11.8 Å². The molecule has 7 nitrogen and oxygen atoms in total. The highest BCUT2D eigenvalue weighted by molar-refractivity contribution is 7.90. The third-order valence-corrected chi connectivity index (χ3v) is 2.82. The van der Waals surface area contributed by atoms with Crippen molar-refractivity contribution in [1.29, 1.82) is 0 Å². The van der Waals surface area contributed by atoms with Crippen molar-refractivity contribution >= 4 is 16.0 Å². The molecular weight excluding hydrogens is 218 g/mol. The van der Waals surface area contributed by atoms with Crippen LogP contribution < -0.4 is 15.2 Å². The second-order valence-corrected chi connectivity index (χ2v) is 4.48. The zero-order valence-electron chi connectivity index (χ0n) is 8.69. The molecule has 0 aromatic carbocycles. The molecule has 0 saturated heterocycles. The van der Waals surface area contributed by atoms with Gasteiger partial charge in [0.25, 0.3) is 10.2 Å². The molecule has 0 fully saturated rings. The van der Waals surface area contributed by atoms with Gasteiger partial charge in [0.1, 0.15) is 0 Å². The molecule has 1 aromatic rings. The Hall–Kier alpha value is -1.12. The van der Waals surface area contributed by atoms with Crippen LogP contribution >= 0.6 is 0 Å². The summed E-state index contributed by atoms with van der Waals surface area (Å²) in [6.07, 6.45) is 1.67. The highest BCUT2D eigenvalue weighted by Gasteiger charge is 2.13. The predicted molar refractivity (Wildman–Crippen MR) is 57.3 cm³/mol. The minimum absolute atomic E-state index is 0.234. The Bertz CT molecular complexity index is 425. The van der Waals surface area contributed by atoms with E-state index in [9.17, 15) is 8.42 Å². The summed E-state index contributed by atoms with van der Waals surface area (Å²) < 4.78 is 28.8. The van der Waals surface area contributed by atoms with Crippen LogP contribution in [0.3, 0.4) is 0 Å². The summed E-state index contributed by atoms with van der Waals surface area (Å²) in [6.45, 7) is 2.25. The lowest BCUT2D eigenvalue weighted by atomic mass is 10.3. The van der Waals surface area contributed by atoms with Crippen molar-refractivity contribution in [1.82, 2.24) is 14.5 Å². The lowest BCUT2D eigenvalue weighted by Gasteiger charge is -2.05. The number of hydrogen-bond donors (Lipinski definition) is 3. The maximum atomic E-state index is 11.4. The Morgan fingerprint density at radius 1 is 1.60 bits per heavy atom. The van der Waals surface area contributed by atoms with Crippen molar-refractivity contribution in [3.8, 4) is 0 Å². The Morgan fingerprint density at radius 2 is 2.27 bits per heavy atom. The Labute approximate surface area is 88.8 Å². The third kappa shape index (κ3) is 3.18. The zero-order valence-corrected chi connectivity index (χ0v) is 9.50. The Balaban J connectivity index is 2.88. The Morgan fingerprint density at radius 3 is 2.80 bits per heavy atom. The van der Waals surface area contributed by atoms with Crippen molar-refractivity contribution in [2.75, 3.05) is 11.3 Å². The minimum Gasteiger partial charge on any atom is -0.326 e. The summed E-state index contributed by atoms with van der Waals surface area (Å²) in [5.41, 5.74) is 6.10. The van der Waals surface area contributed by atoms with E-state index in [1.807, 2.05) is 0 Å². The number of anilines is 1. The van der Waals surface area contributed by atoms with Crippen LogP contribution in [-0.2, 0) is 23.8 Å². The summed E-state index contributed by atoms with van der Waals surface area (Å²) in [7, 11) is -1.84.